The number of rotatable bonds is 8. The van der Waals surface area contributed by atoms with E-state index >= 15 is 0 Å². The fourth-order valence-electron chi connectivity index (χ4n) is 2.28. The molecule has 0 fully saturated rings. The Labute approximate surface area is 140 Å². The summed E-state index contributed by atoms with van der Waals surface area (Å²) in [6.07, 6.45) is 0.967. The van der Waals surface area contributed by atoms with Crippen molar-refractivity contribution in [2.45, 2.75) is 26.5 Å². The number of anilines is 1. The Kier molecular flexibility index (Phi) is 6.29. The monoisotopic (exact) mass is 325 g/mol. The predicted octanol–water partition coefficient (Wildman–Crippen LogP) is 4.01. The average Bonchev–Trinajstić information content (AvgIpc) is 2.60. The molecule has 0 spiro atoms. The van der Waals surface area contributed by atoms with E-state index in [0.29, 0.717) is 25.4 Å². The van der Waals surface area contributed by atoms with Crippen LogP contribution >= 0.6 is 0 Å². The van der Waals surface area contributed by atoms with Crippen molar-refractivity contribution in [2.75, 3.05) is 11.9 Å². The molecular weight excluding hydrogens is 306 g/mol. The Hall–Kier alpha value is -2.91. The van der Waals surface area contributed by atoms with Crippen LogP contribution in [0.1, 0.15) is 30.0 Å². The molecule has 124 valence electrons. The van der Waals surface area contributed by atoms with Gasteiger partial charge in [0.2, 0.25) is 0 Å². The van der Waals surface area contributed by atoms with Gasteiger partial charge in [-0.2, -0.15) is 5.26 Å². The Morgan fingerprint density at radius 1 is 1.25 bits per heavy atom. The van der Waals surface area contributed by atoms with Gasteiger partial charge in [-0.15, -0.1) is 0 Å². The Balaban J connectivity index is 2.11. The zero-order chi connectivity index (χ0) is 17.4. The van der Waals surface area contributed by atoms with Gasteiger partial charge >= 0.3 is 0 Å². The van der Waals surface area contributed by atoms with Crippen LogP contribution in [0.2, 0.25) is 0 Å². The van der Waals surface area contributed by atoms with Crippen molar-refractivity contribution in [3.05, 3.63) is 69.3 Å². The Bertz CT molecular complexity index is 753. The predicted molar refractivity (Wildman–Crippen MR) is 91.5 cm³/mol. The van der Waals surface area contributed by atoms with Gasteiger partial charge in [-0.3, -0.25) is 10.1 Å². The molecule has 0 unspecified atom stereocenters. The van der Waals surface area contributed by atoms with Crippen LogP contribution in [-0.2, 0) is 17.9 Å². The quantitative estimate of drug-likeness (QED) is 0.450. The number of nitrogens with one attached hydrogen (secondary N) is 1. The van der Waals surface area contributed by atoms with Crippen LogP contribution in [0.5, 0.6) is 0 Å². The van der Waals surface area contributed by atoms with E-state index in [1.165, 1.54) is 12.1 Å². The van der Waals surface area contributed by atoms with Crippen molar-refractivity contribution >= 4 is 11.4 Å². The van der Waals surface area contributed by atoms with Gasteiger partial charge in [0.15, 0.2) is 0 Å². The van der Waals surface area contributed by atoms with Gasteiger partial charge in [-0.1, -0.05) is 31.2 Å². The number of hydrogen-bond acceptors (Lipinski definition) is 5. The zero-order valence-corrected chi connectivity index (χ0v) is 13.5. The molecule has 0 aliphatic heterocycles. The van der Waals surface area contributed by atoms with E-state index in [9.17, 15) is 15.4 Å². The second-order valence-electron chi connectivity index (χ2n) is 5.27. The number of non-ortho nitro benzene ring substituents is 1. The van der Waals surface area contributed by atoms with Gasteiger partial charge in [0.05, 0.1) is 22.8 Å². The molecule has 0 saturated heterocycles. The first-order valence-electron chi connectivity index (χ1n) is 7.72. The summed E-state index contributed by atoms with van der Waals surface area (Å²) in [4.78, 5) is 10.3. The molecule has 0 heterocycles. The maximum atomic E-state index is 10.8. The van der Waals surface area contributed by atoms with Crippen LogP contribution < -0.4 is 5.32 Å². The number of hydrogen-bond donors (Lipinski definition) is 1. The van der Waals surface area contributed by atoms with Gasteiger partial charge in [0, 0.05) is 25.3 Å². The van der Waals surface area contributed by atoms with E-state index in [1.54, 1.807) is 6.07 Å². The standard InChI is InChI=1S/C18H19N3O3/c1-2-9-24-13-15-6-4-3-5-14(15)12-20-18-8-7-17(21(22)23)10-16(18)11-19/h3-8,10,20H,2,9,12-13H2,1H3. The van der Waals surface area contributed by atoms with E-state index in [2.05, 4.69) is 12.2 Å². The second-order valence-corrected chi connectivity index (χ2v) is 5.27. The molecule has 0 amide bonds. The first-order chi connectivity index (χ1) is 11.7. The van der Waals surface area contributed by atoms with Gasteiger partial charge in [0.25, 0.3) is 5.69 Å². The van der Waals surface area contributed by atoms with Crippen LogP contribution in [0.25, 0.3) is 0 Å². The van der Waals surface area contributed by atoms with Gasteiger partial charge in [-0.25, -0.2) is 0 Å². The van der Waals surface area contributed by atoms with Crippen molar-refractivity contribution < 1.29 is 9.66 Å². The Morgan fingerprint density at radius 3 is 2.67 bits per heavy atom. The van der Waals surface area contributed by atoms with Gasteiger partial charge in [0.1, 0.15) is 6.07 Å². The highest BCUT2D eigenvalue weighted by atomic mass is 16.6. The summed E-state index contributed by atoms with van der Waals surface area (Å²) < 4.78 is 5.59. The summed E-state index contributed by atoms with van der Waals surface area (Å²) in [7, 11) is 0. The van der Waals surface area contributed by atoms with Crippen LogP contribution in [-0.4, -0.2) is 11.5 Å². The van der Waals surface area contributed by atoms with Crippen molar-refractivity contribution in [2.24, 2.45) is 0 Å². The minimum absolute atomic E-state index is 0.0922. The molecule has 2 aromatic carbocycles. The minimum atomic E-state index is -0.509. The summed E-state index contributed by atoms with van der Waals surface area (Å²) in [6, 6.07) is 14.1. The molecule has 0 aromatic heterocycles. The summed E-state index contributed by atoms with van der Waals surface area (Å²) >= 11 is 0. The number of nitriles is 1. The van der Waals surface area contributed by atoms with E-state index in [4.69, 9.17) is 4.74 Å². The van der Waals surface area contributed by atoms with Crippen molar-refractivity contribution in [3.63, 3.8) is 0 Å². The third-order valence-corrected chi connectivity index (χ3v) is 3.53. The molecule has 2 aromatic rings. The number of ether oxygens (including phenoxy) is 1. The molecule has 0 saturated carbocycles. The van der Waals surface area contributed by atoms with E-state index < -0.39 is 4.92 Å². The number of nitro groups is 1. The first-order valence-corrected chi connectivity index (χ1v) is 7.72. The summed E-state index contributed by atoms with van der Waals surface area (Å²) in [5, 5.41) is 23.2. The average molecular weight is 325 g/mol. The molecule has 0 bridgehead atoms. The highest BCUT2D eigenvalue weighted by Crippen LogP contribution is 2.22. The van der Waals surface area contributed by atoms with Crippen LogP contribution in [0, 0.1) is 21.4 Å². The Morgan fingerprint density at radius 2 is 2.00 bits per heavy atom. The lowest BCUT2D eigenvalue weighted by atomic mass is 10.1. The van der Waals surface area contributed by atoms with E-state index in [1.807, 2.05) is 30.3 Å². The summed E-state index contributed by atoms with van der Waals surface area (Å²) in [5.41, 5.74) is 2.89. The fourth-order valence-corrected chi connectivity index (χ4v) is 2.28. The van der Waals surface area contributed by atoms with Crippen LogP contribution in [0.3, 0.4) is 0 Å². The van der Waals surface area contributed by atoms with Crippen LogP contribution in [0.4, 0.5) is 11.4 Å². The maximum absolute atomic E-state index is 10.8. The molecule has 0 radical (unpaired) electrons. The second kappa shape index (κ2) is 8.65. The molecule has 6 nitrogen and oxygen atoms in total. The largest absolute Gasteiger partial charge is 0.380 e. The molecular formula is C18H19N3O3. The van der Waals surface area contributed by atoms with Gasteiger partial charge in [-0.05, 0) is 23.6 Å². The minimum Gasteiger partial charge on any atom is -0.380 e. The first kappa shape index (κ1) is 17.4. The topological polar surface area (TPSA) is 88.2 Å². The van der Waals surface area contributed by atoms with Crippen LogP contribution in [0.15, 0.2) is 42.5 Å². The summed E-state index contributed by atoms with van der Waals surface area (Å²) in [6.45, 7) is 3.82. The highest BCUT2D eigenvalue weighted by molar-refractivity contribution is 5.61. The molecule has 6 heteroatoms. The lowest BCUT2D eigenvalue weighted by Gasteiger charge is -2.12. The highest BCUT2D eigenvalue weighted by Gasteiger charge is 2.11. The summed E-state index contributed by atoms with van der Waals surface area (Å²) in [5.74, 6) is 0. The fraction of sp³-hybridized carbons (Fsp3) is 0.278. The molecule has 2 rings (SSSR count). The van der Waals surface area contributed by atoms with Crippen molar-refractivity contribution in [1.29, 1.82) is 5.26 Å². The maximum Gasteiger partial charge on any atom is 0.270 e. The van der Waals surface area contributed by atoms with Crippen molar-refractivity contribution in [3.8, 4) is 6.07 Å². The van der Waals surface area contributed by atoms with E-state index in [-0.39, 0.29) is 11.3 Å². The molecule has 0 aliphatic carbocycles. The number of benzene rings is 2. The smallest absolute Gasteiger partial charge is 0.270 e. The molecule has 1 N–H and O–H groups in total. The molecule has 0 aliphatic rings. The molecule has 0 atom stereocenters. The third kappa shape index (κ3) is 4.54. The SMILES string of the molecule is CCCOCc1ccccc1CNc1ccc([N+](=O)[O-])cc1C#N. The normalized spacial score (nSPS) is 10.2. The van der Waals surface area contributed by atoms with Gasteiger partial charge < -0.3 is 10.1 Å². The van der Waals surface area contributed by atoms with Crippen molar-refractivity contribution in [1.82, 2.24) is 0 Å². The third-order valence-electron chi connectivity index (χ3n) is 3.53. The number of nitrogens with zero attached hydrogens (tertiary/aromatic N) is 2. The lowest BCUT2D eigenvalue weighted by molar-refractivity contribution is -0.384. The molecule has 24 heavy (non-hydrogen) atoms. The van der Waals surface area contributed by atoms with E-state index in [0.717, 1.165) is 17.5 Å². The number of nitro benzene ring substituents is 1. The lowest BCUT2D eigenvalue weighted by Crippen LogP contribution is -2.06. The zero-order valence-electron chi connectivity index (χ0n) is 13.5.